The number of benzene rings is 2. The molecule has 5 heteroatoms. The summed E-state index contributed by atoms with van der Waals surface area (Å²) in [5, 5.41) is 3.47. The van der Waals surface area contributed by atoms with Crippen molar-refractivity contribution in [2.75, 3.05) is 39.9 Å². The highest BCUT2D eigenvalue weighted by molar-refractivity contribution is 9.10. The number of hydrogen-bond donors (Lipinski definition) is 1. The van der Waals surface area contributed by atoms with E-state index in [1.807, 2.05) is 0 Å². The molecule has 2 aromatic rings. The fourth-order valence-corrected chi connectivity index (χ4v) is 4.83. The van der Waals surface area contributed by atoms with Gasteiger partial charge in [0.25, 0.3) is 0 Å². The number of fused-ring (bicyclic) bond motifs is 1. The molecule has 2 atom stereocenters. The van der Waals surface area contributed by atoms with Crippen molar-refractivity contribution in [3.8, 4) is 5.75 Å². The second-order valence-corrected chi connectivity index (χ2v) is 8.08. The van der Waals surface area contributed by atoms with Crippen LogP contribution < -0.4 is 10.1 Å². The number of nitrogens with zero attached hydrogens (tertiary/aromatic N) is 1. The van der Waals surface area contributed by atoms with Crippen molar-refractivity contribution in [3.63, 3.8) is 0 Å². The Balaban J connectivity index is 1.62. The molecule has 2 aliphatic rings. The van der Waals surface area contributed by atoms with Crippen molar-refractivity contribution in [1.82, 2.24) is 10.2 Å². The number of piperazine rings is 1. The zero-order valence-corrected chi connectivity index (χ0v) is 17.4. The maximum atomic E-state index is 6.26. The molecular weight excluding hydrogens is 404 g/mol. The molecule has 0 aliphatic carbocycles. The third kappa shape index (κ3) is 4.21. The van der Waals surface area contributed by atoms with Crippen molar-refractivity contribution in [2.45, 2.75) is 25.0 Å². The first-order valence-corrected chi connectivity index (χ1v) is 10.5. The first-order valence-electron chi connectivity index (χ1n) is 9.74. The number of ether oxygens (including phenoxy) is 2. The van der Waals surface area contributed by atoms with E-state index >= 15 is 0 Å². The van der Waals surface area contributed by atoms with E-state index in [2.05, 4.69) is 68.6 Å². The topological polar surface area (TPSA) is 33.7 Å². The molecule has 2 unspecified atom stereocenters. The predicted molar refractivity (Wildman–Crippen MR) is 111 cm³/mol. The SMILES string of the molecule is COc1ccc(C(CC2OCCc3c(Br)cccc32)N2CCNCC2)cc1. The van der Waals surface area contributed by atoms with Gasteiger partial charge >= 0.3 is 0 Å². The fourth-order valence-electron chi connectivity index (χ4n) is 4.25. The molecule has 1 saturated heterocycles. The molecule has 2 heterocycles. The number of nitrogens with one attached hydrogen (secondary N) is 1. The van der Waals surface area contributed by atoms with E-state index in [1.165, 1.54) is 21.2 Å². The summed E-state index contributed by atoms with van der Waals surface area (Å²) in [5.74, 6) is 0.904. The van der Waals surface area contributed by atoms with Gasteiger partial charge in [0.1, 0.15) is 5.75 Å². The molecule has 4 rings (SSSR count). The summed E-state index contributed by atoms with van der Waals surface area (Å²) in [6.45, 7) is 5.00. The summed E-state index contributed by atoms with van der Waals surface area (Å²) in [7, 11) is 1.72. The Morgan fingerprint density at radius 1 is 1.19 bits per heavy atom. The van der Waals surface area contributed by atoms with Crippen molar-refractivity contribution in [2.24, 2.45) is 0 Å². The van der Waals surface area contributed by atoms with Crippen LogP contribution in [-0.2, 0) is 11.2 Å². The monoisotopic (exact) mass is 430 g/mol. The zero-order valence-electron chi connectivity index (χ0n) is 15.8. The third-order valence-electron chi connectivity index (χ3n) is 5.70. The molecule has 0 amide bonds. The van der Waals surface area contributed by atoms with Gasteiger partial charge in [-0.15, -0.1) is 0 Å². The summed E-state index contributed by atoms with van der Waals surface area (Å²) in [6, 6.07) is 15.4. The van der Waals surface area contributed by atoms with Gasteiger partial charge in [0.05, 0.1) is 19.8 Å². The lowest BCUT2D eigenvalue weighted by Crippen LogP contribution is -2.45. The third-order valence-corrected chi connectivity index (χ3v) is 6.45. The van der Waals surface area contributed by atoms with E-state index in [9.17, 15) is 0 Å². The van der Waals surface area contributed by atoms with Crippen LogP contribution in [-0.4, -0.2) is 44.8 Å². The highest BCUT2D eigenvalue weighted by atomic mass is 79.9. The van der Waals surface area contributed by atoms with E-state index in [4.69, 9.17) is 9.47 Å². The molecule has 144 valence electrons. The van der Waals surface area contributed by atoms with Gasteiger partial charge < -0.3 is 14.8 Å². The first-order chi connectivity index (χ1) is 13.3. The van der Waals surface area contributed by atoms with Crippen molar-refractivity contribution < 1.29 is 9.47 Å². The molecule has 0 bridgehead atoms. The van der Waals surface area contributed by atoms with E-state index in [0.717, 1.165) is 51.4 Å². The van der Waals surface area contributed by atoms with Gasteiger partial charge in [0, 0.05) is 36.7 Å². The molecule has 4 nitrogen and oxygen atoms in total. The van der Waals surface area contributed by atoms with Gasteiger partial charge in [-0.2, -0.15) is 0 Å². The van der Waals surface area contributed by atoms with Gasteiger partial charge in [-0.1, -0.05) is 40.2 Å². The van der Waals surface area contributed by atoms with Gasteiger partial charge in [-0.3, -0.25) is 4.90 Å². The highest BCUT2D eigenvalue weighted by Gasteiger charge is 2.30. The van der Waals surface area contributed by atoms with E-state index in [0.29, 0.717) is 6.04 Å². The van der Waals surface area contributed by atoms with Gasteiger partial charge in [0.15, 0.2) is 0 Å². The van der Waals surface area contributed by atoms with E-state index in [-0.39, 0.29) is 6.10 Å². The summed E-state index contributed by atoms with van der Waals surface area (Å²) in [4.78, 5) is 2.59. The quantitative estimate of drug-likeness (QED) is 0.773. The van der Waals surface area contributed by atoms with Gasteiger partial charge in [-0.05, 0) is 47.7 Å². The van der Waals surface area contributed by atoms with Crippen molar-refractivity contribution in [1.29, 1.82) is 0 Å². The Hall–Kier alpha value is -1.40. The minimum absolute atomic E-state index is 0.133. The minimum atomic E-state index is 0.133. The lowest BCUT2D eigenvalue weighted by Gasteiger charge is -2.38. The van der Waals surface area contributed by atoms with Crippen LogP contribution in [0.4, 0.5) is 0 Å². The Bertz CT molecular complexity index is 759. The predicted octanol–water partition coefficient (Wildman–Crippen LogP) is 4.11. The van der Waals surface area contributed by atoms with Crippen LogP contribution in [0.1, 0.15) is 35.3 Å². The molecule has 2 aromatic carbocycles. The standard InChI is InChI=1S/C22H27BrN2O2/c1-26-17-7-5-16(6-8-17)21(25-12-10-24-11-13-25)15-22-19-3-2-4-20(23)18(19)9-14-27-22/h2-8,21-22,24H,9-15H2,1H3. The summed E-state index contributed by atoms with van der Waals surface area (Å²) >= 11 is 3.72. The van der Waals surface area contributed by atoms with Crippen LogP contribution in [0.5, 0.6) is 5.75 Å². The van der Waals surface area contributed by atoms with Gasteiger partial charge in [0.2, 0.25) is 0 Å². The molecule has 0 spiro atoms. The van der Waals surface area contributed by atoms with Crippen LogP contribution in [0.2, 0.25) is 0 Å². The summed E-state index contributed by atoms with van der Waals surface area (Å²) in [6.07, 6.45) is 2.08. The molecule has 1 fully saturated rings. The number of rotatable bonds is 5. The van der Waals surface area contributed by atoms with Crippen LogP contribution in [0, 0.1) is 0 Å². The number of methoxy groups -OCH3 is 1. The van der Waals surface area contributed by atoms with Crippen molar-refractivity contribution in [3.05, 3.63) is 63.6 Å². The Morgan fingerprint density at radius 3 is 2.70 bits per heavy atom. The molecule has 0 aromatic heterocycles. The lowest BCUT2D eigenvalue weighted by atomic mass is 9.90. The van der Waals surface area contributed by atoms with Crippen LogP contribution in [0.15, 0.2) is 46.9 Å². The molecule has 27 heavy (non-hydrogen) atoms. The smallest absolute Gasteiger partial charge is 0.118 e. The average Bonchev–Trinajstić information content (AvgIpc) is 2.73. The maximum Gasteiger partial charge on any atom is 0.118 e. The second-order valence-electron chi connectivity index (χ2n) is 7.23. The second kappa shape index (κ2) is 8.74. The normalized spacial score (nSPS) is 21.5. The van der Waals surface area contributed by atoms with Crippen molar-refractivity contribution >= 4 is 15.9 Å². The minimum Gasteiger partial charge on any atom is -0.497 e. The first kappa shape index (κ1) is 18.9. The molecule has 2 aliphatic heterocycles. The Morgan fingerprint density at radius 2 is 1.96 bits per heavy atom. The molecule has 1 N–H and O–H groups in total. The zero-order chi connectivity index (χ0) is 18.6. The summed E-state index contributed by atoms with van der Waals surface area (Å²) < 4.78 is 12.8. The fraction of sp³-hybridized carbons (Fsp3) is 0.455. The molecule has 0 saturated carbocycles. The summed E-state index contributed by atoms with van der Waals surface area (Å²) in [5.41, 5.74) is 4.08. The van der Waals surface area contributed by atoms with E-state index < -0.39 is 0 Å². The molecule has 0 radical (unpaired) electrons. The Labute approximate surface area is 170 Å². The van der Waals surface area contributed by atoms with E-state index in [1.54, 1.807) is 7.11 Å². The number of hydrogen-bond acceptors (Lipinski definition) is 4. The van der Waals surface area contributed by atoms with Gasteiger partial charge in [-0.25, -0.2) is 0 Å². The largest absolute Gasteiger partial charge is 0.497 e. The van der Waals surface area contributed by atoms with Crippen LogP contribution in [0.3, 0.4) is 0 Å². The maximum absolute atomic E-state index is 6.26. The van der Waals surface area contributed by atoms with Crippen LogP contribution >= 0.6 is 15.9 Å². The Kier molecular flexibility index (Phi) is 6.13. The average molecular weight is 431 g/mol. The van der Waals surface area contributed by atoms with Crippen LogP contribution in [0.25, 0.3) is 0 Å². The molecular formula is C22H27BrN2O2. The number of halogens is 1. The lowest BCUT2D eigenvalue weighted by molar-refractivity contribution is 0.0118. The highest BCUT2D eigenvalue weighted by Crippen LogP contribution is 2.39.